The highest BCUT2D eigenvalue weighted by molar-refractivity contribution is 5.93. The summed E-state index contributed by atoms with van der Waals surface area (Å²) >= 11 is 0. The van der Waals surface area contributed by atoms with Gasteiger partial charge in [-0.2, -0.15) is 0 Å². The van der Waals surface area contributed by atoms with E-state index in [1.54, 1.807) is 6.92 Å². The molecule has 0 spiro atoms. The van der Waals surface area contributed by atoms with E-state index in [9.17, 15) is 14.0 Å². The van der Waals surface area contributed by atoms with Gasteiger partial charge in [-0.05, 0) is 25.5 Å². The summed E-state index contributed by atoms with van der Waals surface area (Å²) in [6, 6.07) is 8.96. The molecule has 1 aliphatic rings. The summed E-state index contributed by atoms with van der Waals surface area (Å²) in [5.74, 6) is 0.814. The highest BCUT2D eigenvalue weighted by Crippen LogP contribution is 2.17. The van der Waals surface area contributed by atoms with Crippen molar-refractivity contribution in [2.24, 2.45) is 0 Å². The monoisotopic (exact) mass is 400 g/mol. The normalized spacial score (nSPS) is 18.9. The summed E-state index contributed by atoms with van der Waals surface area (Å²) in [4.78, 5) is 34.2. The number of aryl methyl sites for hydroxylation is 1. The van der Waals surface area contributed by atoms with Crippen LogP contribution in [0.2, 0.25) is 0 Å². The van der Waals surface area contributed by atoms with Gasteiger partial charge in [-0.1, -0.05) is 18.2 Å². The van der Waals surface area contributed by atoms with Crippen molar-refractivity contribution in [3.63, 3.8) is 0 Å². The summed E-state index contributed by atoms with van der Waals surface area (Å²) in [6.07, 6.45) is 2.71. The average Bonchev–Trinajstić information content (AvgIpc) is 2.71. The number of rotatable bonds is 7. The van der Waals surface area contributed by atoms with Crippen LogP contribution in [-0.2, 0) is 4.79 Å². The Labute approximate surface area is 169 Å². The van der Waals surface area contributed by atoms with Gasteiger partial charge in [0.05, 0.1) is 18.7 Å². The number of amides is 2. The molecule has 29 heavy (non-hydrogen) atoms. The lowest BCUT2D eigenvalue weighted by atomic mass is 10.0. The molecule has 0 saturated carbocycles. The predicted octanol–water partition coefficient (Wildman–Crippen LogP) is 2.31. The smallest absolute Gasteiger partial charge is 0.257 e. The number of likely N-dealkylation sites (tertiary alicyclic amines) is 1. The molecule has 1 aliphatic heterocycles. The number of nitrogens with zero attached hydrogens (tertiary/aromatic N) is 3. The van der Waals surface area contributed by atoms with Crippen molar-refractivity contribution in [1.82, 2.24) is 20.2 Å². The van der Waals surface area contributed by atoms with E-state index in [0.717, 1.165) is 5.75 Å². The molecule has 0 bridgehead atoms. The van der Waals surface area contributed by atoms with Crippen LogP contribution >= 0.6 is 0 Å². The summed E-state index contributed by atoms with van der Waals surface area (Å²) in [7, 11) is 0. The maximum Gasteiger partial charge on any atom is 0.257 e. The first-order valence-corrected chi connectivity index (χ1v) is 9.70. The van der Waals surface area contributed by atoms with Gasteiger partial charge in [-0.25, -0.2) is 14.4 Å². The van der Waals surface area contributed by atoms with E-state index in [0.29, 0.717) is 24.4 Å². The molecule has 0 radical (unpaired) electrons. The minimum Gasteiger partial charge on any atom is -0.494 e. The van der Waals surface area contributed by atoms with Gasteiger partial charge in [0.25, 0.3) is 5.91 Å². The maximum atomic E-state index is 14.2. The fourth-order valence-corrected chi connectivity index (χ4v) is 3.23. The van der Waals surface area contributed by atoms with Gasteiger partial charge >= 0.3 is 0 Å². The number of para-hydroxylation sites is 1. The van der Waals surface area contributed by atoms with Crippen LogP contribution in [-0.4, -0.2) is 58.6 Å². The largest absolute Gasteiger partial charge is 0.494 e. The molecule has 1 fully saturated rings. The molecule has 1 N–H and O–H groups in total. The Kier molecular flexibility index (Phi) is 7.10. The zero-order valence-electron chi connectivity index (χ0n) is 16.4. The van der Waals surface area contributed by atoms with Crippen LogP contribution in [0.1, 0.15) is 35.4 Å². The number of aromatic nitrogens is 2. The fourth-order valence-electron chi connectivity index (χ4n) is 3.23. The number of piperidine rings is 1. The second-order valence-electron chi connectivity index (χ2n) is 7.09. The van der Waals surface area contributed by atoms with Gasteiger partial charge in [0.2, 0.25) is 5.91 Å². The van der Waals surface area contributed by atoms with E-state index in [1.807, 2.05) is 30.3 Å². The molecule has 3 rings (SSSR count). The van der Waals surface area contributed by atoms with Crippen molar-refractivity contribution >= 4 is 11.8 Å². The first kappa shape index (κ1) is 20.7. The summed E-state index contributed by atoms with van der Waals surface area (Å²) in [5.41, 5.74) is 0.313. The van der Waals surface area contributed by atoms with Gasteiger partial charge in [0.1, 0.15) is 17.7 Å². The highest BCUT2D eigenvalue weighted by Gasteiger charge is 2.31. The Balaban J connectivity index is 1.45. The van der Waals surface area contributed by atoms with Gasteiger partial charge < -0.3 is 15.0 Å². The van der Waals surface area contributed by atoms with Crippen LogP contribution in [0.5, 0.6) is 5.75 Å². The molecule has 154 valence electrons. The molecule has 2 heterocycles. The number of nitrogens with one attached hydrogen (secondary N) is 1. The van der Waals surface area contributed by atoms with E-state index in [1.165, 1.54) is 17.3 Å². The van der Waals surface area contributed by atoms with Crippen LogP contribution in [0.3, 0.4) is 0 Å². The Morgan fingerprint density at radius 3 is 2.66 bits per heavy atom. The third-order valence-corrected chi connectivity index (χ3v) is 4.64. The molecular formula is C21H25FN4O3. The quantitative estimate of drug-likeness (QED) is 0.721. The Bertz CT molecular complexity index is 816. The van der Waals surface area contributed by atoms with Gasteiger partial charge in [-0.3, -0.25) is 9.59 Å². The third kappa shape index (κ3) is 6.23. The number of benzene rings is 1. The first-order valence-electron chi connectivity index (χ1n) is 9.70. The lowest BCUT2D eigenvalue weighted by Gasteiger charge is -2.35. The van der Waals surface area contributed by atoms with E-state index in [2.05, 4.69) is 15.3 Å². The molecule has 8 heteroatoms. The number of ether oxygens (including phenoxy) is 1. The van der Waals surface area contributed by atoms with Crippen molar-refractivity contribution in [2.45, 2.75) is 38.4 Å². The Morgan fingerprint density at radius 2 is 1.93 bits per heavy atom. The van der Waals surface area contributed by atoms with E-state index in [4.69, 9.17) is 4.74 Å². The lowest BCUT2D eigenvalue weighted by molar-refractivity contribution is -0.122. The number of halogens is 1. The fraction of sp³-hybridized carbons (Fsp3) is 0.429. The standard InChI is InChI=1S/C21H25FN4O3/c1-15-23-11-16(12-24-15)21(28)26-13-17(22)10-18(14-26)25-20(27)8-5-9-29-19-6-3-2-4-7-19/h2-4,6-7,11-12,17-18H,5,8-10,13-14H2,1H3,(H,25,27)/t17-,18+/m1/s1. The van der Waals surface area contributed by atoms with Gasteiger partial charge in [0, 0.05) is 37.8 Å². The highest BCUT2D eigenvalue weighted by atomic mass is 19.1. The molecule has 2 aromatic rings. The number of carbonyl (C=O) groups is 2. The van der Waals surface area contributed by atoms with Crippen molar-refractivity contribution in [3.8, 4) is 5.75 Å². The van der Waals surface area contributed by atoms with Crippen LogP contribution in [0.25, 0.3) is 0 Å². The molecule has 2 amide bonds. The topological polar surface area (TPSA) is 84.4 Å². The molecule has 0 unspecified atom stereocenters. The van der Waals surface area contributed by atoms with Crippen molar-refractivity contribution in [1.29, 1.82) is 0 Å². The van der Waals surface area contributed by atoms with Crippen LogP contribution in [0.15, 0.2) is 42.7 Å². The zero-order valence-corrected chi connectivity index (χ0v) is 16.4. The molecule has 0 aliphatic carbocycles. The van der Waals surface area contributed by atoms with E-state index >= 15 is 0 Å². The van der Waals surface area contributed by atoms with Gasteiger partial charge in [0.15, 0.2) is 0 Å². The summed E-state index contributed by atoms with van der Waals surface area (Å²) in [6.45, 7) is 2.42. The second kappa shape index (κ2) is 9.95. The Morgan fingerprint density at radius 1 is 1.21 bits per heavy atom. The van der Waals surface area contributed by atoms with Crippen molar-refractivity contribution < 1.29 is 18.7 Å². The molecule has 2 atom stereocenters. The Hall–Kier alpha value is -3.03. The van der Waals surface area contributed by atoms with E-state index in [-0.39, 0.29) is 37.7 Å². The van der Waals surface area contributed by atoms with Crippen LogP contribution in [0, 0.1) is 6.92 Å². The first-order chi connectivity index (χ1) is 14.0. The summed E-state index contributed by atoms with van der Waals surface area (Å²) in [5, 5.41) is 2.83. The average molecular weight is 400 g/mol. The molecule has 1 aromatic carbocycles. The van der Waals surface area contributed by atoms with Crippen molar-refractivity contribution in [3.05, 3.63) is 54.1 Å². The maximum absolute atomic E-state index is 14.2. The van der Waals surface area contributed by atoms with E-state index < -0.39 is 12.2 Å². The number of hydrogen-bond acceptors (Lipinski definition) is 5. The molecule has 1 saturated heterocycles. The minimum absolute atomic E-state index is 0.00396. The number of hydrogen-bond donors (Lipinski definition) is 1. The summed E-state index contributed by atoms with van der Waals surface area (Å²) < 4.78 is 19.7. The van der Waals surface area contributed by atoms with Gasteiger partial charge in [-0.15, -0.1) is 0 Å². The van der Waals surface area contributed by atoms with Crippen LogP contribution in [0.4, 0.5) is 4.39 Å². The second-order valence-corrected chi connectivity index (χ2v) is 7.09. The molecular weight excluding hydrogens is 375 g/mol. The minimum atomic E-state index is -1.19. The zero-order chi connectivity index (χ0) is 20.6. The molecule has 7 nitrogen and oxygen atoms in total. The number of carbonyl (C=O) groups excluding carboxylic acids is 2. The predicted molar refractivity (Wildman–Crippen MR) is 105 cm³/mol. The lowest BCUT2D eigenvalue weighted by Crippen LogP contribution is -2.53. The van der Waals surface area contributed by atoms with Crippen LogP contribution < -0.4 is 10.1 Å². The SMILES string of the molecule is Cc1ncc(C(=O)N2C[C@H](F)C[C@H](NC(=O)CCCOc3ccccc3)C2)cn1. The number of alkyl halides is 1. The third-order valence-electron chi connectivity index (χ3n) is 4.64. The van der Waals surface area contributed by atoms with Crippen molar-refractivity contribution in [2.75, 3.05) is 19.7 Å². The molecule has 1 aromatic heterocycles.